The molecule has 1 nitrogen and oxygen atoms in total. The number of nitriles is 1. The minimum absolute atomic E-state index is 0.180. The van der Waals surface area contributed by atoms with E-state index in [1.165, 1.54) is 12.1 Å². The lowest BCUT2D eigenvalue weighted by Crippen LogP contribution is -2.10. The van der Waals surface area contributed by atoms with Crippen molar-refractivity contribution in [2.75, 3.05) is 0 Å². The van der Waals surface area contributed by atoms with Crippen LogP contribution >= 0.6 is 0 Å². The van der Waals surface area contributed by atoms with Crippen molar-refractivity contribution in [2.45, 2.75) is 25.2 Å². The molecule has 0 saturated carbocycles. The van der Waals surface area contributed by atoms with E-state index < -0.39 is 5.92 Å². The molecule has 0 unspecified atom stereocenters. The number of hydrogen-bond acceptors (Lipinski definition) is 1. The Labute approximate surface area is 81.0 Å². The molecule has 0 heterocycles. The summed E-state index contributed by atoms with van der Waals surface area (Å²) in [6.07, 6.45) is 2.84. The summed E-state index contributed by atoms with van der Waals surface area (Å²) in [7, 11) is 0. The van der Waals surface area contributed by atoms with E-state index in [9.17, 15) is 8.78 Å². The molecule has 0 aliphatic heterocycles. The van der Waals surface area contributed by atoms with Gasteiger partial charge in [0.2, 0.25) is 0 Å². The van der Waals surface area contributed by atoms with E-state index in [2.05, 4.69) is 0 Å². The quantitative estimate of drug-likeness (QED) is 0.672. The van der Waals surface area contributed by atoms with Gasteiger partial charge in [-0.1, -0.05) is 12.1 Å². The van der Waals surface area contributed by atoms with E-state index in [0.717, 1.165) is 36.5 Å². The topological polar surface area (TPSA) is 23.8 Å². The molecule has 1 aliphatic rings. The van der Waals surface area contributed by atoms with Crippen LogP contribution in [0.3, 0.4) is 0 Å². The van der Waals surface area contributed by atoms with Gasteiger partial charge in [0.15, 0.2) is 0 Å². The van der Waals surface area contributed by atoms with Crippen molar-refractivity contribution < 1.29 is 8.78 Å². The summed E-state index contributed by atoms with van der Waals surface area (Å²) in [5.41, 5.74) is 1.93. The third kappa shape index (κ3) is 1.37. The van der Waals surface area contributed by atoms with Crippen molar-refractivity contribution in [3.8, 4) is 6.07 Å². The van der Waals surface area contributed by atoms with Crippen LogP contribution in [0.5, 0.6) is 0 Å². The molecule has 0 N–H and O–H groups in total. The lowest BCUT2D eigenvalue weighted by molar-refractivity contribution is 0.0612. The van der Waals surface area contributed by atoms with E-state index >= 15 is 0 Å². The lowest BCUT2D eigenvalue weighted by Gasteiger charge is -2.09. The maximum Gasteiger partial charge on any atom is 0.357 e. The summed E-state index contributed by atoms with van der Waals surface area (Å²) in [6, 6.07) is 5.55. The Morgan fingerprint density at radius 3 is 2.64 bits per heavy atom. The maximum atomic E-state index is 13.0. The van der Waals surface area contributed by atoms with Gasteiger partial charge >= 0.3 is 5.92 Å². The van der Waals surface area contributed by atoms with E-state index in [0.29, 0.717) is 0 Å². The number of rotatable bonds is 1. The van der Waals surface area contributed by atoms with Crippen LogP contribution in [0, 0.1) is 11.3 Å². The first-order chi connectivity index (χ1) is 6.63. The second kappa shape index (κ2) is 3.06. The third-order valence-corrected chi connectivity index (χ3v) is 2.60. The lowest BCUT2D eigenvalue weighted by atomic mass is 10.0. The minimum atomic E-state index is -3.35. The first-order valence-corrected chi connectivity index (χ1v) is 4.55. The van der Waals surface area contributed by atoms with Crippen LogP contribution in [0.25, 0.3) is 0 Å². The van der Waals surface area contributed by atoms with Crippen molar-refractivity contribution in [2.24, 2.45) is 0 Å². The van der Waals surface area contributed by atoms with Crippen LogP contribution in [-0.2, 0) is 18.8 Å². The normalized spacial score (nSPS) is 14.9. The molecule has 0 bridgehead atoms. The van der Waals surface area contributed by atoms with Gasteiger partial charge in [-0.05, 0) is 36.5 Å². The predicted molar refractivity (Wildman–Crippen MR) is 48.0 cm³/mol. The highest BCUT2D eigenvalue weighted by Gasteiger charge is 2.31. The van der Waals surface area contributed by atoms with Crippen molar-refractivity contribution in [3.05, 3.63) is 34.9 Å². The summed E-state index contributed by atoms with van der Waals surface area (Å²) in [5.74, 6) is -3.35. The average molecular weight is 193 g/mol. The van der Waals surface area contributed by atoms with Gasteiger partial charge < -0.3 is 0 Å². The first kappa shape index (κ1) is 9.14. The molecule has 0 radical (unpaired) electrons. The van der Waals surface area contributed by atoms with Crippen molar-refractivity contribution in [1.29, 1.82) is 5.26 Å². The Balaban J connectivity index is 2.44. The number of halogens is 2. The molecule has 0 amide bonds. The smallest absolute Gasteiger partial charge is 0.191 e. The molecular weight excluding hydrogens is 184 g/mol. The van der Waals surface area contributed by atoms with E-state index in [1.54, 1.807) is 6.07 Å². The van der Waals surface area contributed by atoms with Crippen LogP contribution in [-0.4, -0.2) is 0 Å². The number of fused-ring (bicyclic) bond motifs is 1. The Morgan fingerprint density at radius 1 is 1.21 bits per heavy atom. The highest BCUT2D eigenvalue weighted by molar-refractivity contribution is 5.38. The van der Waals surface area contributed by atoms with Crippen molar-refractivity contribution >= 4 is 0 Å². The molecular formula is C11H9F2N. The molecule has 1 aliphatic carbocycles. The van der Waals surface area contributed by atoms with Gasteiger partial charge in [-0.15, -0.1) is 0 Å². The summed E-state index contributed by atoms with van der Waals surface area (Å²) >= 11 is 0. The SMILES string of the molecule is N#CC(F)(F)c1ccc2c(c1)CCC2. The van der Waals surface area contributed by atoms with Gasteiger partial charge in [0.1, 0.15) is 6.07 Å². The predicted octanol–water partition coefficient (Wildman–Crippen LogP) is 2.79. The molecule has 3 heteroatoms. The number of aryl methyl sites for hydroxylation is 2. The monoisotopic (exact) mass is 193 g/mol. The molecule has 1 aromatic rings. The Kier molecular flexibility index (Phi) is 1.99. The Hall–Kier alpha value is -1.43. The second-order valence-corrected chi connectivity index (χ2v) is 3.52. The van der Waals surface area contributed by atoms with E-state index in [4.69, 9.17) is 5.26 Å². The van der Waals surface area contributed by atoms with Gasteiger partial charge in [-0.25, -0.2) is 0 Å². The van der Waals surface area contributed by atoms with Crippen LogP contribution < -0.4 is 0 Å². The molecule has 0 atom stereocenters. The highest BCUT2D eigenvalue weighted by Crippen LogP contribution is 2.31. The zero-order valence-corrected chi connectivity index (χ0v) is 7.56. The number of nitrogens with zero attached hydrogens (tertiary/aromatic N) is 1. The first-order valence-electron chi connectivity index (χ1n) is 4.55. The van der Waals surface area contributed by atoms with Crippen LogP contribution in [0.15, 0.2) is 18.2 Å². The Morgan fingerprint density at radius 2 is 1.93 bits per heavy atom. The van der Waals surface area contributed by atoms with E-state index in [1.807, 2.05) is 0 Å². The van der Waals surface area contributed by atoms with Crippen molar-refractivity contribution in [1.82, 2.24) is 0 Å². The van der Waals surface area contributed by atoms with Crippen LogP contribution in [0.4, 0.5) is 8.78 Å². The fourth-order valence-corrected chi connectivity index (χ4v) is 1.83. The largest absolute Gasteiger partial charge is 0.357 e. The fraction of sp³-hybridized carbons (Fsp3) is 0.364. The minimum Gasteiger partial charge on any atom is -0.191 e. The molecule has 14 heavy (non-hydrogen) atoms. The summed E-state index contributed by atoms with van der Waals surface area (Å²) < 4.78 is 26.0. The Bertz CT molecular complexity index is 404. The third-order valence-electron chi connectivity index (χ3n) is 2.60. The van der Waals surface area contributed by atoms with Gasteiger partial charge in [-0.3, -0.25) is 0 Å². The standard InChI is InChI=1S/C11H9F2N/c12-11(13,7-14)10-5-4-8-2-1-3-9(8)6-10/h4-6H,1-3H2. The summed E-state index contributed by atoms with van der Waals surface area (Å²) in [5, 5.41) is 8.30. The molecule has 0 spiro atoms. The average Bonchev–Trinajstić information content (AvgIpc) is 2.64. The zero-order valence-electron chi connectivity index (χ0n) is 7.56. The van der Waals surface area contributed by atoms with Crippen LogP contribution in [0.1, 0.15) is 23.1 Å². The highest BCUT2D eigenvalue weighted by atomic mass is 19.3. The molecule has 0 aromatic heterocycles. The molecule has 72 valence electrons. The molecule has 0 fully saturated rings. The fourth-order valence-electron chi connectivity index (χ4n) is 1.83. The number of alkyl halides is 2. The van der Waals surface area contributed by atoms with Crippen LogP contribution in [0.2, 0.25) is 0 Å². The molecule has 2 rings (SSSR count). The summed E-state index contributed by atoms with van der Waals surface area (Å²) in [6.45, 7) is 0. The van der Waals surface area contributed by atoms with Gasteiger partial charge in [-0.2, -0.15) is 14.0 Å². The molecule has 0 saturated heterocycles. The molecule has 1 aromatic carbocycles. The van der Waals surface area contributed by atoms with Crippen molar-refractivity contribution in [3.63, 3.8) is 0 Å². The maximum absolute atomic E-state index is 13.0. The van der Waals surface area contributed by atoms with Gasteiger partial charge in [0.05, 0.1) is 0 Å². The van der Waals surface area contributed by atoms with E-state index in [-0.39, 0.29) is 5.56 Å². The summed E-state index contributed by atoms with van der Waals surface area (Å²) in [4.78, 5) is 0. The van der Waals surface area contributed by atoms with Gasteiger partial charge in [0, 0.05) is 5.56 Å². The number of benzene rings is 1. The number of hydrogen-bond donors (Lipinski definition) is 0. The van der Waals surface area contributed by atoms with Gasteiger partial charge in [0.25, 0.3) is 0 Å². The second-order valence-electron chi connectivity index (χ2n) is 3.52. The zero-order chi connectivity index (χ0) is 10.2.